The van der Waals surface area contributed by atoms with Gasteiger partial charge in [-0.25, -0.2) is 4.98 Å². The maximum absolute atomic E-state index is 12.5. The summed E-state index contributed by atoms with van der Waals surface area (Å²) < 4.78 is 6.15. The molecule has 0 atom stereocenters. The fraction of sp³-hybridized carbons (Fsp3) is 0.600. The molecule has 0 aromatic carbocycles. The molecule has 2 fully saturated rings. The Bertz CT molecular complexity index is 706. The number of hydrogen-bond acceptors (Lipinski definition) is 6. The summed E-state index contributed by atoms with van der Waals surface area (Å²) >= 11 is 1.49. The number of carbonyl (C=O) groups excluding carboxylic acids is 1. The van der Waals surface area contributed by atoms with Gasteiger partial charge in [0.2, 0.25) is 5.13 Å². The van der Waals surface area contributed by atoms with Crippen LogP contribution in [0.1, 0.15) is 41.5 Å². The van der Waals surface area contributed by atoms with Gasteiger partial charge >= 0.3 is 0 Å². The predicted molar refractivity (Wildman–Crippen MR) is 87.8 cm³/mol. The number of aryl methyl sites for hydroxylation is 1. The van der Waals surface area contributed by atoms with E-state index in [4.69, 9.17) is 0 Å². The largest absolute Gasteiger partial charge is 0.345 e. The highest BCUT2D eigenvalue weighted by molar-refractivity contribution is 7.09. The average Bonchev–Trinajstić information content (AvgIpc) is 3.22. The molecule has 4 rings (SSSR count). The molecule has 1 saturated heterocycles. The van der Waals surface area contributed by atoms with Crippen LogP contribution in [0.15, 0.2) is 12.3 Å². The van der Waals surface area contributed by atoms with Gasteiger partial charge in [0, 0.05) is 56.9 Å². The fourth-order valence-electron chi connectivity index (χ4n) is 2.87. The summed E-state index contributed by atoms with van der Waals surface area (Å²) in [6.07, 6.45) is 5.19. The summed E-state index contributed by atoms with van der Waals surface area (Å²) in [6, 6.07) is 1.78. The normalized spacial score (nSPS) is 19.0. The zero-order chi connectivity index (χ0) is 15.8. The topological polar surface area (TPSA) is 67.2 Å². The molecule has 0 spiro atoms. The van der Waals surface area contributed by atoms with Crippen LogP contribution >= 0.6 is 11.5 Å². The van der Waals surface area contributed by atoms with Crippen molar-refractivity contribution in [2.75, 3.05) is 31.1 Å². The van der Waals surface area contributed by atoms with Gasteiger partial charge in [-0.3, -0.25) is 9.48 Å². The molecule has 1 aliphatic carbocycles. The van der Waals surface area contributed by atoms with E-state index in [1.54, 1.807) is 16.9 Å². The zero-order valence-electron chi connectivity index (χ0n) is 13.2. The molecule has 0 radical (unpaired) electrons. The maximum Gasteiger partial charge on any atom is 0.274 e. The molecule has 122 valence electrons. The molecule has 0 unspecified atom stereocenters. The van der Waals surface area contributed by atoms with Crippen molar-refractivity contribution in [2.45, 2.75) is 25.2 Å². The summed E-state index contributed by atoms with van der Waals surface area (Å²) in [6.45, 7) is 3.19. The molecule has 2 aliphatic rings. The molecule has 1 aliphatic heterocycles. The van der Waals surface area contributed by atoms with Crippen molar-refractivity contribution in [1.29, 1.82) is 0 Å². The molecule has 23 heavy (non-hydrogen) atoms. The number of anilines is 1. The van der Waals surface area contributed by atoms with Crippen molar-refractivity contribution >= 4 is 22.6 Å². The van der Waals surface area contributed by atoms with E-state index >= 15 is 0 Å². The van der Waals surface area contributed by atoms with E-state index in [-0.39, 0.29) is 5.91 Å². The van der Waals surface area contributed by atoms with Gasteiger partial charge in [-0.1, -0.05) is 0 Å². The van der Waals surface area contributed by atoms with Crippen LogP contribution in [-0.4, -0.2) is 56.1 Å². The first kappa shape index (κ1) is 14.6. The first-order valence-corrected chi connectivity index (χ1v) is 8.85. The van der Waals surface area contributed by atoms with Crippen LogP contribution in [0.3, 0.4) is 0 Å². The molecule has 1 saturated carbocycles. The first-order chi connectivity index (χ1) is 11.2. The lowest BCUT2D eigenvalue weighted by atomic mass is 10.3. The lowest BCUT2D eigenvalue weighted by Gasteiger charge is -2.20. The second kappa shape index (κ2) is 5.92. The van der Waals surface area contributed by atoms with Crippen LogP contribution in [0, 0.1) is 0 Å². The van der Waals surface area contributed by atoms with Gasteiger partial charge in [0.25, 0.3) is 5.91 Å². The third-order valence-corrected chi connectivity index (χ3v) is 5.15. The Kier molecular flexibility index (Phi) is 3.76. The molecule has 2 aromatic rings. The molecular formula is C15H20N6OS. The lowest BCUT2D eigenvalue weighted by molar-refractivity contribution is 0.0760. The Hall–Kier alpha value is -1.96. The Morgan fingerprint density at radius 1 is 1.26 bits per heavy atom. The number of rotatable bonds is 3. The minimum Gasteiger partial charge on any atom is -0.345 e. The van der Waals surface area contributed by atoms with Crippen molar-refractivity contribution < 1.29 is 4.79 Å². The molecule has 1 amide bonds. The van der Waals surface area contributed by atoms with E-state index < -0.39 is 0 Å². The van der Waals surface area contributed by atoms with Crippen molar-refractivity contribution in [1.82, 2.24) is 24.0 Å². The van der Waals surface area contributed by atoms with Crippen molar-refractivity contribution in [2.24, 2.45) is 7.05 Å². The first-order valence-electron chi connectivity index (χ1n) is 8.08. The Balaban J connectivity index is 1.41. The van der Waals surface area contributed by atoms with E-state index in [1.807, 2.05) is 11.9 Å². The molecule has 3 heterocycles. The standard InChI is InChI=1S/C15H20N6OS/c1-19-8-5-12(17-19)14(22)20-6-2-7-21(10-9-20)15-16-13(18-23-15)11-3-4-11/h5,8,11H,2-4,6-7,9-10H2,1H3. The molecule has 8 heteroatoms. The van der Waals surface area contributed by atoms with Crippen molar-refractivity contribution in [3.63, 3.8) is 0 Å². The van der Waals surface area contributed by atoms with E-state index in [1.165, 1.54) is 24.4 Å². The van der Waals surface area contributed by atoms with Crippen LogP contribution in [0.4, 0.5) is 5.13 Å². The molecule has 7 nitrogen and oxygen atoms in total. The number of aromatic nitrogens is 4. The third kappa shape index (κ3) is 3.08. The minimum atomic E-state index is 0.0170. The zero-order valence-corrected chi connectivity index (χ0v) is 14.0. The van der Waals surface area contributed by atoms with E-state index in [9.17, 15) is 4.79 Å². The fourth-order valence-corrected chi connectivity index (χ4v) is 3.66. The Labute approximate surface area is 139 Å². The number of hydrogen-bond donors (Lipinski definition) is 0. The Morgan fingerprint density at radius 2 is 2.13 bits per heavy atom. The van der Waals surface area contributed by atoms with Gasteiger partial charge < -0.3 is 9.80 Å². The average molecular weight is 332 g/mol. The van der Waals surface area contributed by atoms with E-state index in [0.29, 0.717) is 18.2 Å². The van der Waals surface area contributed by atoms with Crippen LogP contribution in [0.5, 0.6) is 0 Å². The maximum atomic E-state index is 12.5. The number of nitrogens with zero attached hydrogens (tertiary/aromatic N) is 6. The third-order valence-electron chi connectivity index (χ3n) is 4.36. The van der Waals surface area contributed by atoms with E-state index in [2.05, 4.69) is 19.4 Å². The highest BCUT2D eigenvalue weighted by Gasteiger charge is 2.29. The lowest BCUT2D eigenvalue weighted by Crippen LogP contribution is -2.35. The van der Waals surface area contributed by atoms with Gasteiger partial charge in [0.1, 0.15) is 11.5 Å². The molecule has 2 aromatic heterocycles. The second-order valence-electron chi connectivity index (χ2n) is 6.22. The van der Waals surface area contributed by atoms with E-state index in [0.717, 1.165) is 37.0 Å². The smallest absolute Gasteiger partial charge is 0.274 e. The predicted octanol–water partition coefficient (Wildman–Crippen LogP) is 1.50. The minimum absolute atomic E-state index is 0.0170. The number of amides is 1. The van der Waals surface area contributed by atoms with Gasteiger partial charge in [-0.05, 0) is 25.3 Å². The molecule has 0 N–H and O–H groups in total. The second-order valence-corrected chi connectivity index (χ2v) is 6.95. The van der Waals surface area contributed by atoms with Crippen LogP contribution in [0.2, 0.25) is 0 Å². The molecule has 0 bridgehead atoms. The summed E-state index contributed by atoms with van der Waals surface area (Å²) in [5, 5.41) is 5.21. The van der Waals surface area contributed by atoms with Gasteiger partial charge in [-0.2, -0.15) is 9.47 Å². The molecular weight excluding hydrogens is 312 g/mol. The van der Waals surface area contributed by atoms with Gasteiger partial charge in [0.15, 0.2) is 0 Å². The van der Waals surface area contributed by atoms with Gasteiger partial charge in [0.05, 0.1) is 0 Å². The Morgan fingerprint density at radius 3 is 2.87 bits per heavy atom. The SMILES string of the molecule is Cn1ccc(C(=O)N2CCCN(c3nc(C4CC4)ns3)CC2)n1. The van der Waals surface area contributed by atoms with Crippen LogP contribution in [-0.2, 0) is 7.05 Å². The summed E-state index contributed by atoms with van der Waals surface area (Å²) in [5.74, 6) is 1.62. The number of carbonyl (C=O) groups is 1. The summed E-state index contributed by atoms with van der Waals surface area (Å²) in [4.78, 5) is 21.4. The van der Waals surface area contributed by atoms with Crippen LogP contribution in [0.25, 0.3) is 0 Å². The van der Waals surface area contributed by atoms with Gasteiger partial charge in [-0.15, -0.1) is 0 Å². The van der Waals surface area contributed by atoms with Crippen LogP contribution < -0.4 is 4.90 Å². The quantitative estimate of drug-likeness (QED) is 0.852. The monoisotopic (exact) mass is 332 g/mol. The van der Waals surface area contributed by atoms with Crippen molar-refractivity contribution in [3.8, 4) is 0 Å². The summed E-state index contributed by atoms with van der Waals surface area (Å²) in [7, 11) is 1.83. The highest BCUT2D eigenvalue weighted by Crippen LogP contribution is 2.39. The highest BCUT2D eigenvalue weighted by atomic mass is 32.1. The summed E-state index contributed by atoms with van der Waals surface area (Å²) in [5.41, 5.74) is 0.521. The van der Waals surface area contributed by atoms with Crippen molar-refractivity contribution in [3.05, 3.63) is 23.8 Å².